The predicted molar refractivity (Wildman–Crippen MR) is 167 cm³/mol. The smallest absolute Gasteiger partial charge is 0.178 e. The van der Waals surface area contributed by atoms with Crippen LogP contribution in [0, 0.1) is 0 Å². The first-order valence-electron chi connectivity index (χ1n) is 19.9. The Hall–Kier alpha value is -5.34. The number of benzene rings is 7. The molecule has 0 radical (unpaired) electrons. The molecule has 2 heteroatoms. The molecule has 0 aliphatic carbocycles. The summed E-state index contributed by atoms with van der Waals surface area (Å²) in [6.45, 7) is 0. The average molecular weight is 526 g/mol. The van der Waals surface area contributed by atoms with Gasteiger partial charge in [-0.25, -0.2) is 0 Å². The van der Waals surface area contributed by atoms with Gasteiger partial charge >= 0.3 is 0 Å². The van der Waals surface area contributed by atoms with Crippen molar-refractivity contribution in [2.45, 2.75) is 0 Å². The van der Waals surface area contributed by atoms with Gasteiger partial charge in [-0.05, 0) is 55.6 Å². The van der Waals surface area contributed by atoms with E-state index in [-0.39, 0.29) is 43.8 Å². The molecule has 0 N–H and O–H groups in total. The van der Waals surface area contributed by atoms with Crippen LogP contribution in [0.15, 0.2) is 142 Å². The van der Waals surface area contributed by atoms with Gasteiger partial charge in [0, 0.05) is 27.3 Å². The van der Waals surface area contributed by atoms with Crippen molar-refractivity contribution >= 4 is 65.2 Å². The third kappa shape index (κ3) is 2.88. The zero-order chi connectivity index (χ0) is 39.3. The summed E-state index contributed by atoms with van der Waals surface area (Å²) < 4.78 is 146. The van der Waals surface area contributed by atoms with E-state index in [2.05, 4.69) is 0 Å². The van der Waals surface area contributed by atoms with E-state index in [4.69, 9.17) is 22.5 Å². The van der Waals surface area contributed by atoms with Crippen molar-refractivity contribution < 1.29 is 29.4 Å². The highest BCUT2D eigenvalue weighted by Gasteiger charge is 2.21. The van der Waals surface area contributed by atoms with E-state index in [1.165, 1.54) is 6.26 Å². The third-order valence-corrected chi connectivity index (χ3v) is 7.29. The maximum atomic E-state index is 9.34. The van der Waals surface area contributed by atoms with Crippen LogP contribution in [0.25, 0.3) is 87.5 Å². The van der Waals surface area contributed by atoms with Gasteiger partial charge in [-0.1, -0.05) is 115 Å². The molecule has 0 spiro atoms. The first-order chi connectivity index (χ1) is 26.1. The van der Waals surface area contributed by atoms with Crippen molar-refractivity contribution in [3.05, 3.63) is 133 Å². The first kappa shape index (κ1) is 11.8. The van der Waals surface area contributed by atoms with Gasteiger partial charge in [-0.2, -0.15) is 0 Å². The standard InChI is InChI=1S/C38H22O2/c1-2-11-25-23(9-1)10-7-16-26(25)34-27-12-3-5-14-29(27)35(30-15-6-4-13-28(30)34)33-18-8-17-31-32-20-19-24-21-22-39-36(24)38(32)40-37(31)33/h1-22H/i1D,2D,3D,4D,5D,6D,7D,9D,10D,11D,12D,13D,14D,15D,16D. The van der Waals surface area contributed by atoms with Crippen molar-refractivity contribution in [1.29, 1.82) is 0 Å². The quantitative estimate of drug-likeness (QED) is 0.210. The van der Waals surface area contributed by atoms with Crippen LogP contribution in [0.1, 0.15) is 20.6 Å². The Balaban J connectivity index is 1.64. The molecule has 186 valence electrons. The molecule has 0 aliphatic rings. The Morgan fingerprint density at radius 2 is 1.05 bits per heavy atom. The molecule has 2 nitrogen and oxygen atoms in total. The Kier molecular flexibility index (Phi) is 2.39. The summed E-state index contributed by atoms with van der Waals surface area (Å²) in [5.41, 5.74) is 0.343. The van der Waals surface area contributed by atoms with E-state index in [1.54, 1.807) is 24.3 Å². The Bertz CT molecular complexity index is 3180. The maximum absolute atomic E-state index is 9.34. The predicted octanol–water partition coefficient (Wildman–Crippen LogP) is 11.1. The number of fused-ring (bicyclic) bond motifs is 8. The van der Waals surface area contributed by atoms with E-state index in [0.29, 0.717) is 21.9 Å². The molecule has 9 rings (SSSR count). The lowest BCUT2D eigenvalue weighted by Crippen LogP contribution is -1.91. The first-order valence-corrected chi connectivity index (χ1v) is 12.4. The van der Waals surface area contributed by atoms with Crippen molar-refractivity contribution in [3.8, 4) is 22.3 Å². The fourth-order valence-electron chi connectivity index (χ4n) is 5.62. The van der Waals surface area contributed by atoms with Crippen LogP contribution in [0.3, 0.4) is 0 Å². The molecule has 0 amide bonds. The molecular formula is C38H22O2. The second-order valence-corrected chi connectivity index (χ2v) is 9.32. The molecule has 9 aromatic rings. The van der Waals surface area contributed by atoms with Gasteiger partial charge < -0.3 is 8.83 Å². The Labute approximate surface area is 250 Å². The van der Waals surface area contributed by atoms with Crippen LogP contribution >= 0.6 is 0 Å². The van der Waals surface area contributed by atoms with Crippen molar-refractivity contribution in [3.63, 3.8) is 0 Å². The van der Waals surface area contributed by atoms with Crippen molar-refractivity contribution in [2.75, 3.05) is 0 Å². The van der Waals surface area contributed by atoms with E-state index < -0.39 is 107 Å². The average Bonchev–Trinajstić information content (AvgIpc) is 3.82. The summed E-state index contributed by atoms with van der Waals surface area (Å²) in [6, 6.07) is 0.0247. The van der Waals surface area contributed by atoms with Crippen LogP contribution in [0.5, 0.6) is 0 Å². The topological polar surface area (TPSA) is 26.3 Å². The third-order valence-electron chi connectivity index (χ3n) is 7.29. The van der Waals surface area contributed by atoms with Crippen LogP contribution < -0.4 is 0 Å². The van der Waals surface area contributed by atoms with Gasteiger partial charge in [-0.15, -0.1) is 0 Å². The Morgan fingerprint density at radius 3 is 1.80 bits per heavy atom. The fraction of sp³-hybridized carbons (Fsp3) is 0. The number of hydrogen-bond donors (Lipinski definition) is 0. The highest BCUT2D eigenvalue weighted by Crippen LogP contribution is 2.47. The fourth-order valence-corrected chi connectivity index (χ4v) is 5.62. The molecule has 0 bridgehead atoms. The number of hydrogen-bond acceptors (Lipinski definition) is 2. The van der Waals surface area contributed by atoms with Crippen LogP contribution in [-0.4, -0.2) is 0 Å². The van der Waals surface area contributed by atoms with Gasteiger partial charge in [0.2, 0.25) is 0 Å². The molecule has 2 heterocycles. The molecule has 0 unspecified atom stereocenters. The molecule has 0 fully saturated rings. The van der Waals surface area contributed by atoms with E-state index in [0.717, 1.165) is 5.39 Å². The number of rotatable bonds is 2. The molecule has 7 aromatic carbocycles. The molecule has 0 saturated heterocycles. The van der Waals surface area contributed by atoms with Gasteiger partial charge in [0.1, 0.15) is 5.58 Å². The Morgan fingerprint density at radius 1 is 0.425 bits per heavy atom. The van der Waals surface area contributed by atoms with Crippen LogP contribution in [-0.2, 0) is 0 Å². The summed E-state index contributed by atoms with van der Waals surface area (Å²) >= 11 is 0. The summed E-state index contributed by atoms with van der Waals surface area (Å²) in [6.07, 6.45) is 1.50. The monoisotopic (exact) mass is 525 g/mol. The molecule has 0 atom stereocenters. The summed E-state index contributed by atoms with van der Waals surface area (Å²) in [4.78, 5) is 0. The number of para-hydroxylation sites is 1. The van der Waals surface area contributed by atoms with Gasteiger partial charge in [0.25, 0.3) is 0 Å². The SMILES string of the molecule is [2H]c1c([2H])c([2H])c2c(-c3c4c([2H])c([2H])c([2H])c([2H])c4c(-c4cccc5c4oc4c5ccc5ccoc54)c4c([2H])c([2H])c([2H])c([2H])c34)c([2H])c([2H])c([2H])c2c1[2H]. The highest BCUT2D eigenvalue weighted by molar-refractivity contribution is 6.26. The van der Waals surface area contributed by atoms with Crippen molar-refractivity contribution in [2.24, 2.45) is 0 Å². The second-order valence-electron chi connectivity index (χ2n) is 9.32. The minimum Gasteiger partial charge on any atom is -0.460 e. The van der Waals surface area contributed by atoms with Crippen LogP contribution in [0.2, 0.25) is 0 Å². The molecular weight excluding hydrogens is 488 g/mol. The van der Waals surface area contributed by atoms with Gasteiger partial charge in [0.15, 0.2) is 11.2 Å². The largest absolute Gasteiger partial charge is 0.460 e. The lowest BCUT2D eigenvalue weighted by molar-refractivity contribution is 0.600. The van der Waals surface area contributed by atoms with Crippen LogP contribution in [0.4, 0.5) is 0 Å². The summed E-state index contributed by atoms with van der Waals surface area (Å²) in [5.74, 6) is 0. The highest BCUT2D eigenvalue weighted by atomic mass is 16.4. The maximum Gasteiger partial charge on any atom is 0.178 e. The van der Waals surface area contributed by atoms with E-state index in [9.17, 15) is 6.85 Å². The lowest BCUT2D eigenvalue weighted by Gasteiger charge is -2.18. The number of furan rings is 2. The normalized spacial score (nSPS) is 17.2. The molecule has 0 aliphatic heterocycles. The minimum atomic E-state index is -0.768. The molecule has 0 saturated carbocycles. The van der Waals surface area contributed by atoms with E-state index >= 15 is 0 Å². The second kappa shape index (κ2) is 8.08. The van der Waals surface area contributed by atoms with Gasteiger partial charge in [-0.3, -0.25) is 0 Å². The minimum absolute atomic E-state index is 0.0472. The zero-order valence-corrected chi connectivity index (χ0v) is 20.4. The van der Waals surface area contributed by atoms with Gasteiger partial charge in [0.05, 0.1) is 26.8 Å². The molecule has 2 aromatic heterocycles. The summed E-state index contributed by atoms with van der Waals surface area (Å²) in [5, 5.41) is -0.0305. The lowest BCUT2D eigenvalue weighted by atomic mass is 9.84. The van der Waals surface area contributed by atoms with Crippen molar-refractivity contribution in [1.82, 2.24) is 0 Å². The summed E-state index contributed by atoms with van der Waals surface area (Å²) in [7, 11) is 0. The zero-order valence-electron chi connectivity index (χ0n) is 35.4. The molecule has 40 heavy (non-hydrogen) atoms. The van der Waals surface area contributed by atoms with E-state index in [1.807, 2.05) is 12.1 Å².